The van der Waals surface area contributed by atoms with Crippen LogP contribution in [0.4, 0.5) is 0 Å². The van der Waals surface area contributed by atoms with E-state index in [1.54, 1.807) is 0 Å². The summed E-state index contributed by atoms with van der Waals surface area (Å²) in [5, 5.41) is 0. The molecule has 0 aliphatic carbocycles. The van der Waals surface area contributed by atoms with E-state index in [0.29, 0.717) is 19.3 Å². The molecule has 63 heavy (non-hydrogen) atoms. The number of carbonyl (C=O) groups excluding carboxylic acids is 3. The molecule has 370 valence electrons. The van der Waals surface area contributed by atoms with E-state index >= 15 is 0 Å². The van der Waals surface area contributed by atoms with Crippen LogP contribution in [-0.2, 0) is 28.6 Å². The van der Waals surface area contributed by atoms with Crippen molar-refractivity contribution >= 4 is 17.9 Å². The normalized spacial score (nSPS) is 12.1. The first-order chi connectivity index (χ1) is 31.0. The Hall–Kier alpha value is -2.11. The first-order valence-electron chi connectivity index (χ1n) is 27.8. The Balaban J connectivity index is 4.27. The van der Waals surface area contributed by atoms with Crippen LogP contribution in [0, 0.1) is 0 Å². The zero-order valence-electron chi connectivity index (χ0n) is 42.4. The van der Waals surface area contributed by atoms with Crippen molar-refractivity contribution in [3.05, 3.63) is 24.3 Å². The fraction of sp³-hybridized carbons (Fsp3) is 0.877. The van der Waals surface area contributed by atoms with E-state index in [2.05, 4.69) is 45.1 Å². The predicted molar refractivity (Wildman–Crippen MR) is 270 cm³/mol. The maximum Gasteiger partial charge on any atom is 0.306 e. The van der Waals surface area contributed by atoms with Crippen LogP contribution in [-0.4, -0.2) is 37.2 Å². The Morgan fingerprint density at radius 3 is 0.905 bits per heavy atom. The molecule has 0 aliphatic heterocycles. The molecule has 6 nitrogen and oxygen atoms in total. The topological polar surface area (TPSA) is 78.9 Å². The van der Waals surface area contributed by atoms with Gasteiger partial charge in [-0.2, -0.15) is 0 Å². The third-order valence-corrected chi connectivity index (χ3v) is 12.5. The molecule has 0 aromatic rings. The number of unbranched alkanes of at least 4 members (excludes halogenated alkanes) is 36. The molecule has 0 saturated heterocycles. The van der Waals surface area contributed by atoms with Gasteiger partial charge in [0.25, 0.3) is 0 Å². The van der Waals surface area contributed by atoms with Crippen molar-refractivity contribution < 1.29 is 28.6 Å². The molecule has 0 bridgehead atoms. The van der Waals surface area contributed by atoms with Gasteiger partial charge in [-0.15, -0.1) is 0 Å². The minimum atomic E-state index is -0.766. The SMILES string of the molecule is CCCCC/C=C\C/C=C\CCCCCCCCCCCC(=O)OC[C@H](COC(=O)CCCCCCCCCCCCCCCCC)OC(=O)CCCCCCCCCCCCC. The Labute approximate surface area is 392 Å². The smallest absolute Gasteiger partial charge is 0.306 e. The minimum absolute atomic E-state index is 0.0671. The first-order valence-corrected chi connectivity index (χ1v) is 27.8. The minimum Gasteiger partial charge on any atom is -0.462 e. The van der Waals surface area contributed by atoms with Gasteiger partial charge in [-0.1, -0.05) is 257 Å². The van der Waals surface area contributed by atoms with Crippen LogP contribution in [0.15, 0.2) is 24.3 Å². The average molecular weight is 887 g/mol. The van der Waals surface area contributed by atoms with Gasteiger partial charge in [0.15, 0.2) is 6.10 Å². The maximum atomic E-state index is 12.8. The molecule has 0 rings (SSSR count). The molecule has 0 heterocycles. The summed E-state index contributed by atoms with van der Waals surface area (Å²) < 4.78 is 16.8. The van der Waals surface area contributed by atoms with Gasteiger partial charge in [-0.3, -0.25) is 14.4 Å². The second-order valence-electron chi connectivity index (χ2n) is 18.9. The fourth-order valence-corrected chi connectivity index (χ4v) is 8.24. The van der Waals surface area contributed by atoms with E-state index in [1.165, 1.54) is 199 Å². The molecule has 0 aromatic carbocycles. The Morgan fingerprint density at radius 2 is 0.571 bits per heavy atom. The van der Waals surface area contributed by atoms with E-state index in [0.717, 1.165) is 64.2 Å². The van der Waals surface area contributed by atoms with Crippen molar-refractivity contribution in [1.82, 2.24) is 0 Å². The first kappa shape index (κ1) is 60.9. The molecule has 6 heteroatoms. The number of allylic oxidation sites excluding steroid dienone is 4. The molecule has 0 amide bonds. The third kappa shape index (κ3) is 50.7. The quantitative estimate of drug-likeness (QED) is 0.0262. The van der Waals surface area contributed by atoms with Gasteiger partial charge < -0.3 is 14.2 Å². The Bertz CT molecular complexity index is 1020. The number of hydrogen-bond acceptors (Lipinski definition) is 6. The third-order valence-electron chi connectivity index (χ3n) is 12.5. The highest BCUT2D eigenvalue weighted by Gasteiger charge is 2.19. The zero-order chi connectivity index (χ0) is 45.8. The lowest BCUT2D eigenvalue weighted by atomic mass is 10.0. The monoisotopic (exact) mass is 887 g/mol. The van der Waals surface area contributed by atoms with Crippen LogP contribution < -0.4 is 0 Å². The maximum absolute atomic E-state index is 12.8. The van der Waals surface area contributed by atoms with E-state index in [1.807, 2.05) is 0 Å². The van der Waals surface area contributed by atoms with Crippen molar-refractivity contribution in [2.75, 3.05) is 13.2 Å². The molecular formula is C57H106O6. The van der Waals surface area contributed by atoms with E-state index < -0.39 is 6.10 Å². The fourth-order valence-electron chi connectivity index (χ4n) is 8.24. The van der Waals surface area contributed by atoms with E-state index in [-0.39, 0.29) is 31.1 Å². The highest BCUT2D eigenvalue weighted by atomic mass is 16.6. The van der Waals surface area contributed by atoms with Gasteiger partial charge in [0.05, 0.1) is 0 Å². The molecule has 0 fully saturated rings. The molecule has 0 aromatic heterocycles. The van der Waals surface area contributed by atoms with Crippen LogP contribution in [0.2, 0.25) is 0 Å². The summed E-state index contributed by atoms with van der Waals surface area (Å²) in [6, 6.07) is 0. The summed E-state index contributed by atoms with van der Waals surface area (Å²) in [7, 11) is 0. The molecule has 0 unspecified atom stereocenters. The lowest BCUT2D eigenvalue weighted by Gasteiger charge is -2.18. The number of ether oxygens (including phenoxy) is 3. The molecular weight excluding hydrogens is 781 g/mol. The van der Waals surface area contributed by atoms with E-state index in [4.69, 9.17) is 14.2 Å². The van der Waals surface area contributed by atoms with Crippen LogP contribution >= 0.6 is 0 Å². The summed E-state index contributed by atoms with van der Waals surface area (Å²) in [5.74, 6) is -0.854. The van der Waals surface area contributed by atoms with Gasteiger partial charge in [0.1, 0.15) is 13.2 Å². The van der Waals surface area contributed by atoms with E-state index in [9.17, 15) is 14.4 Å². The molecule has 0 saturated carbocycles. The van der Waals surface area contributed by atoms with Crippen molar-refractivity contribution in [2.45, 2.75) is 309 Å². The summed E-state index contributed by atoms with van der Waals surface area (Å²) in [4.78, 5) is 38.0. The van der Waals surface area contributed by atoms with Gasteiger partial charge in [-0.25, -0.2) is 0 Å². The van der Waals surface area contributed by atoms with Crippen molar-refractivity contribution in [1.29, 1.82) is 0 Å². The summed E-state index contributed by atoms with van der Waals surface area (Å²) >= 11 is 0. The largest absolute Gasteiger partial charge is 0.462 e. The second-order valence-corrected chi connectivity index (χ2v) is 18.9. The van der Waals surface area contributed by atoms with Crippen LogP contribution in [0.1, 0.15) is 303 Å². The van der Waals surface area contributed by atoms with Gasteiger partial charge in [0, 0.05) is 19.3 Å². The molecule has 0 spiro atoms. The van der Waals surface area contributed by atoms with Crippen molar-refractivity contribution in [3.8, 4) is 0 Å². The highest BCUT2D eigenvalue weighted by molar-refractivity contribution is 5.71. The van der Waals surface area contributed by atoms with Gasteiger partial charge in [-0.05, 0) is 51.4 Å². The van der Waals surface area contributed by atoms with Crippen LogP contribution in [0.25, 0.3) is 0 Å². The molecule has 1 atom stereocenters. The summed E-state index contributed by atoms with van der Waals surface area (Å²) in [6.45, 7) is 6.64. The lowest BCUT2D eigenvalue weighted by Crippen LogP contribution is -2.30. The molecule has 0 radical (unpaired) electrons. The predicted octanol–water partition coefficient (Wildman–Crippen LogP) is 18.3. The Morgan fingerprint density at radius 1 is 0.317 bits per heavy atom. The number of carbonyl (C=O) groups is 3. The lowest BCUT2D eigenvalue weighted by molar-refractivity contribution is -0.167. The molecule has 0 aliphatic rings. The molecule has 0 N–H and O–H groups in total. The number of esters is 3. The van der Waals surface area contributed by atoms with Crippen molar-refractivity contribution in [2.24, 2.45) is 0 Å². The second kappa shape index (κ2) is 52.5. The summed E-state index contributed by atoms with van der Waals surface area (Å²) in [6.07, 6.45) is 60.2. The summed E-state index contributed by atoms with van der Waals surface area (Å²) in [5.41, 5.74) is 0. The average Bonchev–Trinajstić information content (AvgIpc) is 3.28. The number of hydrogen-bond donors (Lipinski definition) is 0. The highest BCUT2D eigenvalue weighted by Crippen LogP contribution is 2.16. The zero-order valence-corrected chi connectivity index (χ0v) is 42.4. The Kier molecular flexibility index (Phi) is 50.8. The van der Waals surface area contributed by atoms with Gasteiger partial charge in [0.2, 0.25) is 0 Å². The van der Waals surface area contributed by atoms with Crippen LogP contribution in [0.5, 0.6) is 0 Å². The standard InChI is InChI=1S/C57H106O6/c1-4-7-10-13-16-19-22-24-26-27-28-29-31-33-36-38-41-44-47-50-56(59)62-53-54(63-57(60)51-48-45-42-39-34-21-18-15-12-9-6-3)52-61-55(58)49-46-43-40-37-35-32-30-25-23-20-17-14-11-8-5-2/h16,19,24,26,54H,4-15,17-18,20-23,25,27-53H2,1-3H3/b19-16-,26-24-/t54-/m0/s1. The van der Waals surface area contributed by atoms with Crippen molar-refractivity contribution in [3.63, 3.8) is 0 Å². The number of rotatable bonds is 51. The van der Waals surface area contributed by atoms with Crippen LogP contribution in [0.3, 0.4) is 0 Å². The van der Waals surface area contributed by atoms with Gasteiger partial charge >= 0.3 is 17.9 Å².